The minimum atomic E-state index is 0.319. The Bertz CT molecular complexity index is 406. The van der Waals surface area contributed by atoms with Crippen molar-refractivity contribution in [3.8, 4) is 0 Å². The lowest BCUT2D eigenvalue weighted by molar-refractivity contribution is 0.527. The average molecular weight is 261 g/mol. The fourth-order valence-corrected chi connectivity index (χ4v) is 2.78. The largest absolute Gasteiger partial charge is 0.305 e. The number of aromatic nitrogens is 2. The van der Waals surface area contributed by atoms with Gasteiger partial charge in [-0.3, -0.25) is 4.68 Å². The number of nitrogens with one attached hydrogen (secondary N) is 1. The van der Waals surface area contributed by atoms with Crippen molar-refractivity contribution < 1.29 is 0 Å². The van der Waals surface area contributed by atoms with Crippen LogP contribution < -0.4 is 5.32 Å². The molecule has 1 N–H and O–H groups in total. The van der Waals surface area contributed by atoms with Gasteiger partial charge in [0, 0.05) is 13.2 Å². The van der Waals surface area contributed by atoms with Crippen molar-refractivity contribution >= 4 is 0 Å². The quantitative estimate of drug-likeness (QED) is 0.818. The van der Waals surface area contributed by atoms with Gasteiger partial charge in [0.25, 0.3) is 0 Å². The predicted octanol–water partition coefficient (Wildman–Crippen LogP) is 3.74. The third kappa shape index (κ3) is 4.20. The standard InChI is InChI=1S/C16H27N3/c1-3-12-17-16(15-11-13-19(2)18-15)14-9-7-5-4-6-8-10-14/h9,11,13,16-17H,3-8,10,12H2,1-2H3/b14-9+. The summed E-state index contributed by atoms with van der Waals surface area (Å²) in [6.07, 6.45) is 13.5. The lowest BCUT2D eigenvalue weighted by Crippen LogP contribution is -2.25. The predicted molar refractivity (Wildman–Crippen MR) is 80.0 cm³/mol. The van der Waals surface area contributed by atoms with Crippen molar-refractivity contribution in [3.63, 3.8) is 0 Å². The molecule has 0 radical (unpaired) electrons. The molecule has 106 valence electrons. The van der Waals surface area contributed by atoms with E-state index in [1.165, 1.54) is 44.2 Å². The molecule has 0 amide bonds. The molecular weight excluding hydrogens is 234 g/mol. The maximum absolute atomic E-state index is 4.61. The molecule has 1 aliphatic rings. The SMILES string of the molecule is CCCNC(/C1=C/CCCCCC1)c1ccn(C)n1. The highest BCUT2D eigenvalue weighted by Gasteiger charge is 2.18. The second-order valence-electron chi connectivity index (χ2n) is 5.53. The van der Waals surface area contributed by atoms with Crippen LogP contribution in [0.2, 0.25) is 0 Å². The Morgan fingerprint density at radius 2 is 2.16 bits per heavy atom. The number of hydrogen-bond donors (Lipinski definition) is 1. The van der Waals surface area contributed by atoms with Crippen LogP contribution in [0.3, 0.4) is 0 Å². The van der Waals surface area contributed by atoms with Crippen LogP contribution in [-0.4, -0.2) is 16.3 Å². The molecule has 0 saturated heterocycles. The first-order chi connectivity index (χ1) is 9.31. The van der Waals surface area contributed by atoms with Crippen LogP contribution in [0.4, 0.5) is 0 Å². The smallest absolute Gasteiger partial charge is 0.0835 e. The summed E-state index contributed by atoms with van der Waals surface area (Å²) in [5.41, 5.74) is 2.72. The molecule has 1 aromatic heterocycles. The Labute approximate surface area is 117 Å². The van der Waals surface area contributed by atoms with E-state index in [9.17, 15) is 0 Å². The van der Waals surface area contributed by atoms with Crippen LogP contribution in [0, 0.1) is 0 Å². The van der Waals surface area contributed by atoms with E-state index in [0.717, 1.165) is 13.0 Å². The van der Waals surface area contributed by atoms with E-state index < -0.39 is 0 Å². The lowest BCUT2D eigenvalue weighted by atomic mass is 9.93. The summed E-state index contributed by atoms with van der Waals surface area (Å²) in [5.74, 6) is 0. The van der Waals surface area contributed by atoms with E-state index >= 15 is 0 Å². The first kappa shape index (κ1) is 14.3. The van der Waals surface area contributed by atoms with Gasteiger partial charge in [-0.25, -0.2) is 0 Å². The fraction of sp³-hybridized carbons (Fsp3) is 0.688. The highest BCUT2D eigenvalue weighted by molar-refractivity contribution is 5.22. The second kappa shape index (κ2) is 7.49. The summed E-state index contributed by atoms with van der Waals surface area (Å²) in [6.45, 7) is 3.27. The number of nitrogens with zero attached hydrogens (tertiary/aromatic N) is 2. The van der Waals surface area contributed by atoms with Gasteiger partial charge < -0.3 is 5.32 Å². The van der Waals surface area contributed by atoms with Gasteiger partial charge in [-0.2, -0.15) is 5.10 Å². The van der Waals surface area contributed by atoms with E-state index in [-0.39, 0.29) is 0 Å². The number of rotatable bonds is 5. The number of hydrogen-bond acceptors (Lipinski definition) is 2. The van der Waals surface area contributed by atoms with Crippen LogP contribution in [0.1, 0.15) is 63.6 Å². The summed E-state index contributed by atoms with van der Waals surface area (Å²) in [4.78, 5) is 0. The minimum Gasteiger partial charge on any atom is -0.305 e. The summed E-state index contributed by atoms with van der Waals surface area (Å²) >= 11 is 0. The Morgan fingerprint density at radius 1 is 1.32 bits per heavy atom. The van der Waals surface area contributed by atoms with Crippen molar-refractivity contribution in [3.05, 3.63) is 29.6 Å². The molecular formula is C16H27N3. The highest BCUT2D eigenvalue weighted by atomic mass is 15.3. The summed E-state index contributed by atoms with van der Waals surface area (Å²) in [7, 11) is 1.99. The number of aryl methyl sites for hydroxylation is 1. The molecule has 1 atom stereocenters. The molecule has 0 saturated carbocycles. The summed E-state index contributed by atoms with van der Waals surface area (Å²) < 4.78 is 1.90. The van der Waals surface area contributed by atoms with Gasteiger partial charge in [-0.05, 0) is 44.7 Å². The normalized spacial score (nSPS) is 21.3. The third-order valence-electron chi connectivity index (χ3n) is 3.83. The van der Waals surface area contributed by atoms with Crippen molar-refractivity contribution in [2.24, 2.45) is 7.05 Å². The van der Waals surface area contributed by atoms with Crippen molar-refractivity contribution in [2.45, 2.75) is 57.9 Å². The van der Waals surface area contributed by atoms with Crippen LogP contribution in [0.25, 0.3) is 0 Å². The topological polar surface area (TPSA) is 29.9 Å². The molecule has 0 aromatic carbocycles. The molecule has 1 heterocycles. The van der Waals surface area contributed by atoms with Crippen molar-refractivity contribution in [2.75, 3.05) is 6.54 Å². The number of allylic oxidation sites excluding steroid dienone is 1. The molecule has 2 rings (SSSR count). The fourth-order valence-electron chi connectivity index (χ4n) is 2.78. The van der Waals surface area contributed by atoms with Crippen LogP contribution >= 0.6 is 0 Å². The highest BCUT2D eigenvalue weighted by Crippen LogP contribution is 2.27. The van der Waals surface area contributed by atoms with E-state index in [4.69, 9.17) is 0 Å². The molecule has 19 heavy (non-hydrogen) atoms. The first-order valence-electron chi connectivity index (χ1n) is 7.73. The van der Waals surface area contributed by atoms with Crippen molar-refractivity contribution in [1.29, 1.82) is 0 Å². The molecule has 0 bridgehead atoms. The monoisotopic (exact) mass is 261 g/mol. The average Bonchev–Trinajstić information content (AvgIpc) is 2.78. The summed E-state index contributed by atoms with van der Waals surface area (Å²) in [6, 6.07) is 2.46. The first-order valence-corrected chi connectivity index (χ1v) is 7.73. The van der Waals surface area contributed by atoms with Gasteiger partial charge >= 0.3 is 0 Å². The van der Waals surface area contributed by atoms with Gasteiger partial charge in [0.05, 0.1) is 11.7 Å². The van der Waals surface area contributed by atoms with Gasteiger partial charge in [-0.1, -0.05) is 31.4 Å². The van der Waals surface area contributed by atoms with Gasteiger partial charge in [0.2, 0.25) is 0 Å². The van der Waals surface area contributed by atoms with Crippen LogP contribution in [0.5, 0.6) is 0 Å². The molecule has 3 heteroatoms. The van der Waals surface area contributed by atoms with Crippen LogP contribution in [-0.2, 0) is 7.05 Å². The Balaban J connectivity index is 2.15. The van der Waals surface area contributed by atoms with Crippen molar-refractivity contribution in [1.82, 2.24) is 15.1 Å². The zero-order valence-electron chi connectivity index (χ0n) is 12.4. The molecule has 0 fully saturated rings. The molecule has 3 nitrogen and oxygen atoms in total. The second-order valence-corrected chi connectivity index (χ2v) is 5.53. The zero-order valence-corrected chi connectivity index (χ0v) is 12.4. The van der Waals surface area contributed by atoms with Gasteiger partial charge in [0.1, 0.15) is 0 Å². The molecule has 1 aromatic rings. The third-order valence-corrected chi connectivity index (χ3v) is 3.83. The maximum Gasteiger partial charge on any atom is 0.0835 e. The van der Waals surface area contributed by atoms with E-state index in [2.05, 4.69) is 29.5 Å². The van der Waals surface area contributed by atoms with E-state index in [0.29, 0.717) is 6.04 Å². The minimum absolute atomic E-state index is 0.319. The molecule has 1 unspecified atom stereocenters. The molecule has 0 aliphatic heterocycles. The zero-order chi connectivity index (χ0) is 13.5. The maximum atomic E-state index is 4.61. The molecule has 1 aliphatic carbocycles. The lowest BCUT2D eigenvalue weighted by Gasteiger charge is -2.22. The van der Waals surface area contributed by atoms with Gasteiger partial charge in [0.15, 0.2) is 0 Å². The summed E-state index contributed by atoms with van der Waals surface area (Å²) in [5, 5.41) is 8.28. The Kier molecular flexibility index (Phi) is 5.64. The Hall–Kier alpha value is -1.09. The van der Waals surface area contributed by atoms with Gasteiger partial charge in [-0.15, -0.1) is 0 Å². The Morgan fingerprint density at radius 3 is 2.89 bits per heavy atom. The van der Waals surface area contributed by atoms with E-state index in [1.807, 2.05) is 17.9 Å². The molecule has 0 spiro atoms. The van der Waals surface area contributed by atoms with E-state index in [1.54, 1.807) is 5.57 Å². The van der Waals surface area contributed by atoms with Crippen LogP contribution in [0.15, 0.2) is 23.9 Å².